The Morgan fingerprint density at radius 1 is 1.08 bits per heavy atom. The first-order valence-corrected chi connectivity index (χ1v) is 8.88. The van der Waals surface area contributed by atoms with E-state index in [0.717, 1.165) is 43.3 Å². The molecule has 26 heavy (non-hydrogen) atoms. The van der Waals surface area contributed by atoms with Gasteiger partial charge in [0, 0.05) is 24.8 Å². The monoisotopic (exact) mass is 346 g/mol. The smallest absolute Gasteiger partial charge is 0.138 e. The highest BCUT2D eigenvalue weighted by molar-refractivity contribution is 5.68. The highest BCUT2D eigenvalue weighted by Crippen LogP contribution is 2.33. The van der Waals surface area contributed by atoms with Crippen LogP contribution >= 0.6 is 0 Å². The second-order valence-electron chi connectivity index (χ2n) is 6.32. The van der Waals surface area contributed by atoms with Crippen LogP contribution in [0.3, 0.4) is 0 Å². The number of anilines is 3. The number of para-hydroxylation sites is 1. The minimum absolute atomic E-state index is 0.806. The SMILES string of the molecule is COc1cccc(CCNc2cc(N3CCc4ccccc43)ncn2)c1. The molecule has 0 unspecified atom stereocenters. The molecule has 1 aliphatic rings. The summed E-state index contributed by atoms with van der Waals surface area (Å²) in [6.45, 7) is 1.76. The molecule has 0 fully saturated rings. The first-order chi connectivity index (χ1) is 12.8. The second kappa shape index (κ2) is 7.44. The molecule has 4 rings (SSSR count). The van der Waals surface area contributed by atoms with Crippen LogP contribution in [0.5, 0.6) is 5.75 Å². The highest BCUT2D eigenvalue weighted by Gasteiger charge is 2.20. The number of methoxy groups -OCH3 is 1. The lowest BCUT2D eigenvalue weighted by Gasteiger charge is -2.18. The first kappa shape index (κ1) is 16.4. The maximum atomic E-state index is 5.27. The van der Waals surface area contributed by atoms with Crippen LogP contribution in [0.1, 0.15) is 11.1 Å². The molecule has 1 N–H and O–H groups in total. The first-order valence-electron chi connectivity index (χ1n) is 8.88. The van der Waals surface area contributed by atoms with Gasteiger partial charge < -0.3 is 15.0 Å². The van der Waals surface area contributed by atoms with Crippen molar-refractivity contribution in [2.75, 3.05) is 30.4 Å². The van der Waals surface area contributed by atoms with Crippen molar-refractivity contribution >= 4 is 17.3 Å². The molecule has 0 spiro atoms. The minimum atomic E-state index is 0.806. The number of aromatic nitrogens is 2. The number of hydrogen-bond acceptors (Lipinski definition) is 5. The molecule has 0 saturated heterocycles. The highest BCUT2D eigenvalue weighted by atomic mass is 16.5. The number of rotatable bonds is 6. The van der Waals surface area contributed by atoms with Gasteiger partial charge in [0.2, 0.25) is 0 Å². The molecule has 0 atom stereocenters. The zero-order valence-corrected chi connectivity index (χ0v) is 14.9. The van der Waals surface area contributed by atoms with Crippen molar-refractivity contribution in [2.45, 2.75) is 12.8 Å². The third-order valence-electron chi connectivity index (χ3n) is 4.67. The normalized spacial score (nSPS) is 12.7. The Morgan fingerprint density at radius 2 is 2.00 bits per heavy atom. The van der Waals surface area contributed by atoms with Gasteiger partial charge in [-0.15, -0.1) is 0 Å². The van der Waals surface area contributed by atoms with Crippen LogP contribution in [0.15, 0.2) is 60.9 Å². The Hall–Kier alpha value is -3.08. The number of nitrogens with one attached hydrogen (secondary N) is 1. The van der Waals surface area contributed by atoms with E-state index in [1.54, 1.807) is 13.4 Å². The Labute approximate surface area is 153 Å². The van der Waals surface area contributed by atoms with E-state index in [1.807, 2.05) is 18.2 Å². The summed E-state index contributed by atoms with van der Waals surface area (Å²) in [4.78, 5) is 11.1. The fraction of sp³-hybridized carbons (Fsp3) is 0.238. The molecular weight excluding hydrogens is 324 g/mol. The summed E-state index contributed by atoms with van der Waals surface area (Å²) in [6.07, 6.45) is 3.59. The lowest BCUT2D eigenvalue weighted by atomic mass is 10.1. The summed E-state index contributed by atoms with van der Waals surface area (Å²) < 4.78 is 5.27. The van der Waals surface area contributed by atoms with Gasteiger partial charge in [-0.05, 0) is 42.2 Å². The molecular formula is C21H22N4O. The Bertz CT molecular complexity index is 896. The van der Waals surface area contributed by atoms with Crippen LogP contribution in [0.4, 0.5) is 17.3 Å². The lowest BCUT2D eigenvalue weighted by Crippen LogP contribution is -2.15. The third-order valence-corrected chi connectivity index (χ3v) is 4.67. The lowest BCUT2D eigenvalue weighted by molar-refractivity contribution is 0.414. The van der Waals surface area contributed by atoms with E-state index < -0.39 is 0 Å². The predicted octanol–water partition coefficient (Wildman–Crippen LogP) is 3.83. The zero-order valence-electron chi connectivity index (χ0n) is 14.9. The van der Waals surface area contributed by atoms with E-state index in [1.165, 1.54) is 16.8 Å². The van der Waals surface area contributed by atoms with Crippen LogP contribution in [-0.4, -0.2) is 30.2 Å². The van der Waals surface area contributed by atoms with E-state index in [0.29, 0.717) is 0 Å². The summed E-state index contributed by atoms with van der Waals surface area (Å²) in [6, 6.07) is 18.7. The molecule has 0 amide bonds. The molecule has 1 aliphatic heterocycles. The summed E-state index contributed by atoms with van der Waals surface area (Å²) in [5.74, 6) is 2.68. The van der Waals surface area contributed by atoms with Gasteiger partial charge in [0.1, 0.15) is 23.7 Å². The second-order valence-corrected chi connectivity index (χ2v) is 6.32. The van der Waals surface area contributed by atoms with Crippen molar-refractivity contribution in [1.29, 1.82) is 0 Å². The van der Waals surface area contributed by atoms with Gasteiger partial charge in [-0.2, -0.15) is 0 Å². The van der Waals surface area contributed by atoms with Gasteiger partial charge in [-0.1, -0.05) is 30.3 Å². The molecule has 0 aliphatic carbocycles. The molecule has 2 heterocycles. The summed E-state index contributed by atoms with van der Waals surface area (Å²) in [7, 11) is 1.69. The van der Waals surface area contributed by atoms with Crippen molar-refractivity contribution < 1.29 is 4.74 Å². The van der Waals surface area contributed by atoms with E-state index in [-0.39, 0.29) is 0 Å². The van der Waals surface area contributed by atoms with Gasteiger partial charge in [-0.3, -0.25) is 0 Å². The van der Waals surface area contributed by atoms with Crippen molar-refractivity contribution in [3.05, 3.63) is 72.1 Å². The van der Waals surface area contributed by atoms with Crippen LogP contribution in [0.25, 0.3) is 0 Å². The van der Waals surface area contributed by atoms with Crippen molar-refractivity contribution in [2.24, 2.45) is 0 Å². The molecule has 5 heteroatoms. The number of ether oxygens (including phenoxy) is 1. The van der Waals surface area contributed by atoms with Gasteiger partial charge in [0.05, 0.1) is 7.11 Å². The van der Waals surface area contributed by atoms with Gasteiger partial charge in [0.25, 0.3) is 0 Å². The largest absolute Gasteiger partial charge is 0.497 e. The molecule has 0 radical (unpaired) electrons. The molecule has 5 nitrogen and oxygen atoms in total. The third kappa shape index (κ3) is 3.47. The molecule has 0 bridgehead atoms. The molecule has 0 saturated carbocycles. The fourth-order valence-electron chi connectivity index (χ4n) is 3.33. The van der Waals surface area contributed by atoms with Crippen LogP contribution < -0.4 is 15.0 Å². The number of hydrogen-bond donors (Lipinski definition) is 1. The van der Waals surface area contributed by atoms with Crippen LogP contribution in [0, 0.1) is 0 Å². The maximum absolute atomic E-state index is 5.27. The predicted molar refractivity (Wildman–Crippen MR) is 104 cm³/mol. The zero-order chi connectivity index (χ0) is 17.8. The van der Waals surface area contributed by atoms with Gasteiger partial charge in [-0.25, -0.2) is 9.97 Å². The summed E-state index contributed by atoms with van der Waals surface area (Å²) >= 11 is 0. The summed E-state index contributed by atoms with van der Waals surface area (Å²) in [5.41, 5.74) is 3.85. The van der Waals surface area contributed by atoms with Crippen LogP contribution in [-0.2, 0) is 12.8 Å². The quantitative estimate of drug-likeness (QED) is 0.735. The van der Waals surface area contributed by atoms with E-state index in [9.17, 15) is 0 Å². The topological polar surface area (TPSA) is 50.3 Å². The summed E-state index contributed by atoms with van der Waals surface area (Å²) in [5, 5.41) is 3.40. The number of nitrogens with zero attached hydrogens (tertiary/aromatic N) is 3. The van der Waals surface area contributed by atoms with E-state index in [4.69, 9.17) is 4.74 Å². The molecule has 1 aromatic heterocycles. The standard InChI is InChI=1S/C21H22N4O/c1-26-18-7-4-5-16(13-18)9-11-22-20-14-21(24-15-23-20)25-12-10-17-6-2-3-8-19(17)25/h2-8,13-15H,9-12H2,1H3,(H,22,23,24). The van der Waals surface area contributed by atoms with E-state index in [2.05, 4.69) is 56.6 Å². The molecule has 2 aromatic carbocycles. The Morgan fingerprint density at radius 3 is 2.92 bits per heavy atom. The van der Waals surface area contributed by atoms with Gasteiger partial charge >= 0.3 is 0 Å². The van der Waals surface area contributed by atoms with E-state index >= 15 is 0 Å². The van der Waals surface area contributed by atoms with Crippen molar-refractivity contribution in [3.8, 4) is 5.75 Å². The average molecular weight is 346 g/mol. The fourth-order valence-corrected chi connectivity index (χ4v) is 3.33. The number of benzene rings is 2. The Balaban J connectivity index is 1.42. The molecule has 3 aromatic rings. The number of fused-ring (bicyclic) bond motifs is 1. The van der Waals surface area contributed by atoms with Gasteiger partial charge in [0.15, 0.2) is 0 Å². The van der Waals surface area contributed by atoms with Crippen molar-refractivity contribution in [1.82, 2.24) is 9.97 Å². The maximum Gasteiger partial charge on any atom is 0.138 e. The Kier molecular flexibility index (Phi) is 4.69. The average Bonchev–Trinajstić information content (AvgIpc) is 3.13. The van der Waals surface area contributed by atoms with Crippen molar-refractivity contribution in [3.63, 3.8) is 0 Å². The minimum Gasteiger partial charge on any atom is -0.497 e. The molecule has 132 valence electrons. The van der Waals surface area contributed by atoms with Crippen LogP contribution in [0.2, 0.25) is 0 Å².